The first kappa shape index (κ1) is 28.0. The number of hydrogen-bond acceptors (Lipinski definition) is 1. The van der Waals surface area contributed by atoms with E-state index in [1.54, 1.807) is 0 Å². The monoisotopic (exact) mass is 516 g/mol. The fraction of sp³-hybridized carbons (Fsp3) is 0.833. The minimum atomic E-state index is -0.664. The molecule has 1 N–H and O–H groups in total. The van der Waals surface area contributed by atoms with Crippen molar-refractivity contribution in [1.82, 2.24) is 0 Å². The quantitative estimate of drug-likeness (QED) is 0.198. The van der Waals surface area contributed by atoms with Crippen LogP contribution in [0.1, 0.15) is 96.8 Å². The third-order valence-electron chi connectivity index (χ3n) is 3.65. The third-order valence-corrected chi connectivity index (χ3v) is 3.65. The zero-order valence-electron chi connectivity index (χ0n) is 14.1. The normalized spacial score (nSPS) is 10.2. The van der Waals surface area contributed by atoms with Gasteiger partial charge in [0.05, 0.1) is 0 Å². The van der Waals surface area contributed by atoms with E-state index in [0.717, 1.165) is 12.8 Å². The van der Waals surface area contributed by atoms with E-state index >= 15 is 0 Å². The van der Waals surface area contributed by atoms with Crippen LogP contribution in [0.4, 0.5) is 0 Å². The van der Waals surface area contributed by atoms with E-state index in [4.69, 9.17) is 5.11 Å². The average Bonchev–Trinajstić information content (AvgIpc) is 2.43. The molecule has 0 spiro atoms. The van der Waals surface area contributed by atoms with E-state index in [9.17, 15) is 4.79 Å². The molecule has 0 rings (SSSR count). The van der Waals surface area contributed by atoms with Crippen LogP contribution in [0.2, 0.25) is 0 Å². The van der Waals surface area contributed by atoms with Crippen LogP contribution in [0, 0.1) is 0 Å². The van der Waals surface area contributed by atoms with Crippen molar-refractivity contribution in [3.63, 3.8) is 0 Å². The van der Waals surface area contributed by atoms with Gasteiger partial charge in [-0.25, -0.2) is 0 Å². The summed E-state index contributed by atoms with van der Waals surface area (Å²) in [5.41, 5.74) is 0. The molecule has 0 fully saturated rings. The predicted octanol–water partition coefficient (Wildman–Crippen LogP) is 4.54. The molecule has 0 amide bonds. The molecule has 0 saturated carbocycles. The molecular formula is C18H37NaO2Pb. The Morgan fingerprint density at radius 2 is 1.18 bits per heavy atom. The molecule has 2 radical (unpaired) electrons. The van der Waals surface area contributed by atoms with Crippen molar-refractivity contribution < 1.29 is 9.90 Å². The summed E-state index contributed by atoms with van der Waals surface area (Å²) in [7, 11) is 0. The molecule has 0 atom stereocenters. The summed E-state index contributed by atoms with van der Waals surface area (Å²) >= 11 is 0. The number of carbonyl (C=O) groups is 1. The Morgan fingerprint density at radius 1 is 0.773 bits per heavy atom. The molecule has 0 aromatic rings. The molecule has 0 aromatic carbocycles. The summed E-state index contributed by atoms with van der Waals surface area (Å²) in [5.74, 6) is -0.664. The second-order valence-electron chi connectivity index (χ2n) is 5.73. The van der Waals surface area contributed by atoms with Crippen molar-refractivity contribution in [2.45, 2.75) is 96.8 Å². The molecule has 0 unspecified atom stereocenters. The van der Waals surface area contributed by atoms with Gasteiger partial charge >= 0.3 is 62.8 Å². The Morgan fingerprint density at radius 3 is 1.64 bits per heavy atom. The first-order valence-electron chi connectivity index (χ1n) is 8.64. The standard InChI is InChI=1S/C18H34O2.Na.Pb.3H/c1-2-3-4-5-6-7-8-9-10-11-12-13-14-15-16-17-18(19)20;;;;;/h9-10H,2-8,11-17H2,1H3,(H,19,20);;;;;/b10-9-;;;;;. The van der Waals surface area contributed by atoms with E-state index in [2.05, 4.69) is 19.1 Å². The van der Waals surface area contributed by atoms with Crippen molar-refractivity contribution in [1.29, 1.82) is 0 Å². The van der Waals surface area contributed by atoms with Crippen LogP contribution in [-0.4, -0.2) is 67.9 Å². The summed E-state index contributed by atoms with van der Waals surface area (Å²) < 4.78 is 0. The first-order chi connectivity index (χ1) is 9.77. The van der Waals surface area contributed by atoms with Gasteiger partial charge in [0.2, 0.25) is 0 Å². The Bertz CT molecular complexity index is 245. The van der Waals surface area contributed by atoms with Crippen LogP contribution in [-0.2, 0) is 4.79 Å². The molecule has 0 bridgehead atoms. The van der Waals surface area contributed by atoms with Crippen molar-refractivity contribution in [3.05, 3.63) is 12.2 Å². The van der Waals surface area contributed by atoms with Gasteiger partial charge in [0, 0.05) is 6.42 Å². The van der Waals surface area contributed by atoms with Gasteiger partial charge in [-0.3, -0.25) is 4.79 Å². The fourth-order valence-electron chi connectivity index (χ4n) is 2.35. The molecule has 0 aliphatic rings. The maximum absolute atomic E-state index is 10.3. The van der Waals surface area contributed by atoms with Gasteiger partial charge in [-0.1, -0.05) is 70.4 Å². The van der Waals surface area contributed by atoms with E-state index in [1.165, 1.54) is 70.6 Å². The molecule has 0 aliphatic carbocycles. The molecular weight excluding hydrogens is 478 g/mol. The van der Waals surface area contributed by atoms with Crippen LogP contribution in [0.5, 0.6) is 0 Å². The Labute approximate surface area is 180 Å². The van der Waals surface area contributed by atoms with Crippen molar-refractivity contribution >= 4 is 62.8 Å². The van der Waals surface area contributed by atoms with Crippen LogP contribution in [0.15, 0.2) is 12.2 Å². The first-order valence-corrected chi connectivity index (χ1v) is 8.64. The van der Waals surface area contributed by atoms with Gasteiger partial charge in [-0.15, -0.1) is 0 Å². The molecule has 0 heterocycles. The van der Waals surface area contributed by atoms with Crippen LogP contribution < -0.4 is 0 Å². The zero-order valence-corrected chi connectivity index (χ0v) is 19.6. The van der Waals surface area contributed by atoms with Crippen molar-refractivity contribution in [2.24, 2.45) is 0 Å². The average molecular weight is 516 g/mol. The summed E-state index contributed by atoms with van der Waals surface area (Å²) in [6.45, 7) is 2.26. The molecule has 2 nitrogen and oxygen atoms in total. The molecule has 0 aliphatic heterocycles. The number of unbranched alkanes of at least 4 members (excludes halogenated alkanes) is 11. The van der Waals surface area contributed by atoms with Crippen LogP contribution >= 0.6 is 0 Å². The number of aliphatic carboxylic acids is 1. The summed E-state index contributed by atoms with van der Waals surface area (Å²) in [6, 6.07) is 0. The zero-order chi connectivity index (χ0) is 14.9. The summed E-state index contributed by atoms with van der Waals surface area (Å²) in [4.78, 5) is 10.3. The second kappa shape index (κ2) is 24.4. The van der Waals surface area contributed by atoms with Crippen molar-refractivity contribution in [3.8, 4) is 0 Å². The number of carboxylic acids is 1. The molecule has 22 heavy (non-hydrogen) atoms. The van der Waals surface area contributed by atoms with Crippen LogP contribution in [0.25, 0.3) is 0 Å². The number of carboxylic acid groups (broad SMARTS) is 1. The van der Waals surface area contributed by atoms with Gasteiger partial charge in [-0.2, -0.15) is 0 Å². The Balaban J connectivity index is -0.00000180. The van der Waals surface area contributed by atoms with Gasteiger partial charge in [0.1, 0.15) is 0 Å². The minimum absolute atomic E-state index is 0. The second-order valence-corrected chi connectivity index (χ2v) is 5.73. The van der Waals surface area contributed by atoms with Gasteiger partial charge in [0.25, 0.3) is 0 Å². The van der Waals surface area contributed by atoms with Crippen molar-refractivity contribution in [2.75, 3.05) is 0 Å². The van der Waals surface area contributed by atoms with E-state index in [0.29, 0.717) is 6.42 Å². The molecule has 0 aromatic heterocycles. The van der Waals surface area contributed by atoms with Gasteiger partial charge < -0.3 is 5.11 Å². The number of rotatable bonds is 15. The molecule has 0 saturated heterocycles. The Kier molecular flexibility index (Phi) is 31.0. The van der Waals surface area contributed by atoms with Gasteiger partial charge in [0.15, 0.2) is 0 Å². The number of hydrogen-bond donors (Lipinski definition) is 1. The summed E-state index contributed by atoms with van der Waals surface area (Å²) in [5, 5.41) is 8.51. The Hall–Kier alpha value is 1.13. The number of allylic oxidation sites excluding steroid dienone is 2. The maximum atomic E-state index is 10.3. The van der Waals surface area contributed by atoms with Gasteiger partial charge in [-0.05, 0) is 32.1 Å². The molecule has 126 valence electrons. The SMILES string of the molecule is CCCCCCCC/C=C\CCCCCCCC(=O)O.[NaH].[PbH2]. The van der Waals surface area contributed by atoms with E-state index in [-0.39, 0.29) is 56.9 Å². The third kappa shape index (κ3) is 26.1. The topological polar surface area (TPSA) is 37.3 Å². The van der Waals surface area contributed by atoms with E-state index < -0.39 is 5.97 Å². The fourth-order valence-corrected chi connectivity index (χ4v) is 2.35. The van der Waals surface area contributed by atoms with Crippen LogP contribution in [0.3, 0.4) is 0 Å². The molecule has 4 heteroatoms. The van der Waals surface area contributed by atoms with E-state index in [1.807, 2.05) is 0 Å². The predicted molar refractivity (Wildman–Crippen MR) is 103 cm³/mol. The summed E-state index contributed by atoms with van der Waals surface area (Å²) in [6.07, 6.45) is 21.2.